The van der Waals surface area contributed by atoms with E-state index in [0.717, 1.165) is 4.47 Å². The van der Waals surface area contributed by atoms with E-state index in [1.165, 1.54) is 3.61 Å². The first-order chi connectivity index (χ1) is 5.43. The molecule has 2 heteroatoms. The third kappa shape index (κ3) is 3.82. The van der Waals surface area contributed by atoms with Gasteiger partial charge in [-0.15, -0.1) is 0 Å². The molecule has 0 aliphatic rings. The standard InChI is InChI=1S/C9H9ClTe/c10-7-4-8-11-9-5-2-1-3-6-9/h1-7H,8H2. The molecule has 0 atom stereocenters. The van der Waals surface area contributed by atoms with Gasteiger partial charge in [-0.2, -0.15) is 0 Å². The van der Waals surface area contributed by atoms with Gasteiger partial charge in [-0.3, -0.25) is 0 Å². The fourth-order valence-corrected chi connectivity index (χ4v) is 3.21. The van der Waals surface area contributed by atoms with Gasteiger partial charge in [0.05, 0.1) is 0 Å². The van der Waals surface area contributed by atoms with E-state index < -0.39 is 0 Å². The summed E-state index contributed by atoms with van der Waals surface area (Å²) < 4.78 is 2.64. The normalized spacial score (nSPS) is 10.6. The van der Waals surface area contributed by atoms with Crippen LogP contribution in [0.25, 0.3) is 0 Å². The first-order valence-corrected chi connectivity index (χ1v) is 6.61. The molecule has 0 amide bonds. The molecule has 1 rings (SSSR count). The van der Waals surface area contributed by atoms with Crippen LogP contribution in [0.5, 0.6) is 0 Å². The summed E-state index contributed by atoms with van der Waals surface area (Å²) in [6, 6.07) is 10.6. The topological polar surface area (TPSA) is 0 Å². The molecule has 0 aromatic heterocycles. The van der Waals surface area contributed by atoms with E-state index in [9.17, 15) is 0 Å². The second-order valence-corrected chi connectivity index (χ2v) is 5.36. The Morgan fingerprint density at radius 1 is 1.27 bits per heavy atom. The molecule has 0 saturated heterocycles. The van der Waals surface area contributed by atoms with Crippen LogP contribution < -0.4 is 3.61 Å². The van der Waals surface area contributed by atoms with Crippen LogP contribution in [0, 0.1) is 0 Å². The van der Waals surface area contributed by atoms with Crippen LogP contribution in [0.15, 0.2) is 41.9 Å². The van der Waals surface area contributed by atoms with Crippen molar-refractivity contribution in [1.29, 1.82) is 0 Å². The molecule has 0 radical (unpaired) electrons. The molecule has 0 unspecified atom stereocenters. The Hall–Kier alpha value is 0.0396. The molecule has 0 heterocycles. The minimum atomic E-state index is -0.0190. The van der Waals surface area contributed by atoms with E-state index in [0.29, 0.717) is 0 Å². The first-order valence-electron chi connectivity index (χ1n) is 3.36. The molecule has 0 bridgehead atoms. The van der Waals surface area contributed by atoms with Crippen molar-refractivity contribution in [2.75, 3.05) is 0 Å². The van der Waals surface area contributed by atoms with E-state index >= 15 is 0 Å². The van der Waals surface area contributed by atoms with Gasteiger partial charge in [0.1, 0.15) is 0 Å². The Labute approximate surface area is 82.3 Å². The summed E-state index contributed by atoms with van der Waals surface area (Å²) in [5.74, 6) is 0. The Morgan fingerprint density at radius 2 is 2.00 bits per heavy atom. The summed E-state index contributed by atoms with van der Waals surface area (Å²) >= 11 is 5.39. The Balaban J connectivity index is 2.39. The zero-order valence-corrected chi connectivity index (χ0v) is 9.12. The summed E-state index contributed by atoms with van der Waals surface area (Å²) in [5, 5.41) is 0. The van der Waals surface area contributed by atoms with Crippen molar-refractivity contribution in [1.82, 2.24) is 0 Å². The average molecular weight is 280 g/mol. The Kier molecular flexibility index (Phi) is 4.70. The van der Waals surface area contributed by atoms with Gasteiger partial charge in [-0.05, 0) is 0 Å². The molecule has 0 aliphatic heterocycles. The van der Waals surface area contributed by atoms with E-state index in [2.05, 4.69) is 24.3 Å². The minimum absolute atomic E-state index is 0.0190. The van der Waals surface area contributed by atoms with Crippen LogP contribution in [0.2, 0.25) is 4.47 Å². The SMILES string of the molecule is ClC=CC[Te]c1ccccc1. The van der Waals surface area contributed by atoms with Gasteiger partial charge in [0, 0.05) is 0 Å². The molecule has 58 valence electrons. The van der Waals surface area contributed by atoms with Crippen molar-refractivity contribution in [2.24, 2.45) is 0 Å². The van der Waals surface area contributed by atoms with Crippen molar-refractivity contribution < 1.29 is 0 Å². The number of allylic oxidation sites excluding steroid dienone is 1. The number of halogens is 1. The zero-order chi connectivity index (χ0) is 7.94. The molecule has 0 nitrogen and oxygen atoms in total. The number of hydrogen-bond acceptors (Lipinski definition) is 0. The maximum absolute atomic E-state index is 5.41. The van der Waals surface area contributed by atoms with Gasteiger partial charge in [0.15, 0.2) is 0 Å². The fraction of sp³-hybridized carbons (Fsp3) is 0.111. The van der Waals surface area contributed by atoms with Gasteiger partial charge in [-0.25, -0.2) is 0 Å². The summed E-state index contributed by atoms with van der Waals surface area (Å²) in [7, 11) is 0. The van der Waals surface area contributed by atoms with Gasteiger partial charge in [-0.1, -0.05) is 0 Å². The molecular weight excluding hydrogens is 271 g/mol. The third-order valence-electron chi connectivity index (χ3n) is 1.18. The number of benzene rings is 1. The quantitative estimate of drug-likeness (QED) is 0.745. The average Bonchev–Trinajstić information content (AvgIpc) is 2.07. The van der Waals surface area contributed by atoms with Crippen LogP contribution >= 0.6 is 11.6 Å². The molecule has 0 aliphatic carbocycles. The van der Waals surface area contributed by atoms with Gasteiger partial charge >= 0.3 is 82.5 Å². The van der Waals surface area contributed by atoms with Crippen molar-refractivity contribution in [3.05, 3.63) is 41.9 Å². The molecule has 0 spiro atoms. The molecule has 0 saturated carbocycles. The Bertz CT molecular complexity index is 218. The van der Waals surface area contributed by atoms with Crippen molar-refractivity contribution in [3.8, 4) is 0 Å². The zero-order valence-electron chi connectivity index (χ0n) is 6.03. The summed E-state index contributed by atoms with van der Waals surface area (Å²) in [6.45, 7) is 0. The molecule has 1 aromatic rings. The van der Waals surface area contributed by atoms with Crippen LogP contribution in [0.3, 0.4) is 0 Å². The maximum atomic E-state index is 5.41. The predicted octanol–water partition coefficient (Wildman–Crippen LogP) is 2.19. The summed E-state index contributed by atoms with van der Waals surface area (Å²) in [4.78, 5) is 0. The van der Waals surface area contributed by atoms with Gasteiger partial charge in [0.2, 0.25) is 0 Å². The van der Waals surface area contributed by atoms with E-state index in [4.69, 9.17) is 11.6 Å². The van der Waals surface area contributed by atoms with Crippen LogP contribution in [0.1, 0.15) is 0 Å². The third-order valence-corrected chi connectivity index (χ3v) is 4.11. The van der Waals surface area contributed by atoms with Crippen molar-refractivity contribution >= 4 is 36.1 Å². The monoisotopic (exact) mass is 282 g/mol. The van der Waals surface area contributed by atoms with Gasteiger partial charge < -0.3 is 0 Å². The van der Waals surface area contributed by atoms with E-state index in [1.54, 1.807) is 5.54 Å². The molecule has 0 fully saturated rings. The number of rotatable bonds is 3. The molecule has 0 N–H and O–H groups in total. The van der Waals surface area contributed by atoms with Crippen LogP contribution in [-0.2, 0) is 0 Å². The van der Waals surface area contributed by atoms with Crippen molar-refractivity contribution in [3.63, 3.8) is 0 Å². The fourth-order valence-electron chi connectivity index (χ4n) is 0.697. The van der Waals surface area contributed by atoms with Crippen molar-refractivity contribution in [2.45, 2.75) is 4.47 Å². The predicted molar refractivity (Wildman–Crippen MR) is 51.6 cm³/mol. The van der Waals surface area contributed by atoms with E-state index in [1.807, 2.05) is 12.1 Å². The van der Waals surface area contributed by atoms with Crippen LogP contribution in [0.4, 0.5) is 0 Å². The number of hydrogen-bond donors (Lipinski definition) is 0. The molecular formula is C9H9ClTe. The Morgan fingerprint density at radius 3 is 2.64 bits per heavy atom. The van der Waals surface area contributed by atoms with Crippen LogP contribution in [-0.4, -0.2) is 20.9 Å². The molecule has 11 heavy (non-hydrogen) atoms. The first kappa shape index (κ1) is 9.13. The van der Waals surface area contributed by atoms with Gasteiger partial charge in [0.25, 0.3) is 0 Å². The summed E-state index contributed by atoms with van der Waals surface area (Å²) in [6.07, 6.45) is 2.02. The second-order valence-electron chi connectivity index (χ2n) is 1.99. The second kappa shape index (κ2) is 5.66. The van der Waals surface area contributed by atoms with E-state index in [-0.39, 0.29) is 20.9 Å². The summed E-state index contributed by atoms with van der Waals surface area (Å²) in [5.41, 5.74) is 1.60. The molecule has 1 aromatic carbocycles.